The van der Waals surface area contributed by atoms with Crippen LogP contribution >= 0.6 is 0 Å². The first kappa shape index (κ1) is 8.04. The number of benzene rings is 1. The lowest BCUT2D eigenvalue weighted by molar-refractivity contribution is -0.0429. The van der Waals surface area contributed by atoms with Crippen LogP contribution < -0.4 is 15.0 Å². The van der Waals surface area contributed by atoms with Gasteiger partial charge >= 0.3 is 0 Å². The van der Waals surface area contributed by atoms with Gasteiger partial charge in [0.25, 0.3) is 0 Å². The SMILES string of the molecule is CC1(C)Oc2cccc(N=[N])c2O1. The molecule has 0 saturated heterocycles. The van der Waals surface area contributed by atoms with E-state index in [1.54, 1.807) is 32.0 Å². The molecule has 0 bridgehead atoms. The van der Waals surface area contributed by atoms with Crippen molar-refractivity contribution in [3.05, 3.63) is 18.2 Å². The highest BCUT2D eigenvalue weighted by Gasteiger charge is 2.33. The molecule has 67 valence electrons. The van der Waals surface area contributed by atoms with E-state index in [-0.39, 0.29) is 0 Å². The van der Waals surface area contributed by atoms with Crippen LogP contribution in [0, 0.1) is 0 Å². The summed E-state index contributed by atoms with van der Waals surface area (Å²) in [6.45, 7) is 3.60. The Balaban J connectivity index is 2.51. The highest BCUT2D eigenvalue weighted by Crippen LogP contribution is 2.45. The first-order valence-electron chi connectivity index (χ1n) is 3.98. The van der Waals surface area contributed by atoms with Crippen molar-refractivity contribution in [3.8, 4) is 11.5 Å². The fourth-order valence-electron chi connectivity index (χ4n) is 1.30. The number of hydrogen-bond donors (Lipinski definition) is 0. The second kappa shape index (κ2) is 2.45. The summed E-state index contributed by atoms with van der Waals surface area (Å²) >= 11 is 0. The Kier molecular flexibility index (Phi) is 1.52. The van der Waals surface area contributed by atoms with Gasteiger partial charge in [-0.05, 0) is 17.7 Å². The Hall–Kier alpha value is -1.58. The van der Waals surface area contributed by atoms with Crippen LogP contribution in [0.4, 0.5) is 5.69 Å². The van der Waals surface area contributed by atoms with Crippen LogP contribution in [-0.4, -0.2) is 5.79 Å². The van der Waals surface area contributed by atoms with Crippen molar-refractivity contribution >= 4 is 5.69 Å². The van der Waals surface area contributed by atoms with Gasteiger partial charge in [-0.1, -0.05) is 6.07 Å². The molecule has 4 nitrogen and oxygen atoms in total. The van der Waals surface area contributed by atoms with Crippen LogP contribution in [0.3, 0.4) is 0 Å². The molecule has 2 rings (SSSR count). The molecule has 1 aliphatic heterocycles. The average Bonchev–Trinajstić information content (AvgIpc) is 2.37. The molecule has 1 aromatic carbocycles. The zero-order valence-corrected chi connectivity index (χ0v) is 7.44. The predicted molar refractivity (Wildman–Crippen MR) is 46.0 cm³/mol. The van der Waals surface area contributed by atoms with Gasteiger partial charge in [-0.25, -0.2) is 0 Å². The van der Waals surface area contributed by atoms with E-state index in [1.807, 2.05) is 0 Å². The van der Waals surface area contributed by atoms with Crippen LogP contribution in [-0.2, 0) is 0 Å². The van der Waals surface area contributed by atoms with Crippen molar-refractivity contribution < 1.29 is 9.47 Å². The van der Waals surface area contributed by atoms with E-state index in [0.29, 0.717) is 17.2 Å². The van der Waals surface area contributed by atoms with E-state index < -0.39 is 5.79 Å². The summed E-state index contributed by atoms with van der Waals surface area (Å²) in [4.78, 5) is 0. The van der Waals surface area contributed by atoms with Crippen molar-refractivity contribution in [2.75, 3.05) is 0 Å². The molecule has 0 unspecified atom stereocenters. The molecule has 0 saturated carbocycles. The predicted octanol–water partition coefficient (Wildman–Crippen LogP) is 2.08. The smallest absolute Gasteiger partial charge is 0.246 e. The second-order valence-electron chi connectivity index (χ2n) is 3.31. The Labute approximate surface area is 76.0 Å². The third kappa shape index (κ3) is 1.24. The summed E-state index contributed by atoms with van der Waals surface area (Å²) in [6, 6.07) is 5.18. The molecule has 0 amide bonds. The molecule has 1 aromatic rings. The number of ether oxygens (including phenoxy) is 2. The number of fused-ring (bicyclic) bond motifs is 1. The van der Waals surface area contributed by atoms with Crippen LogP contribution in [0.5, 0.6) is 11.5 Å². The molecule has 13 heavy (non-hydrogen) atoms. The number of hydrogen-bond acceptors (Lipinski definition) is 3. The van der Waals surface area contributed by atoms with Gasteiger partial charge in [0.2, 0.25) is 5.79 Å². The number of para-hydroxylation sites is 1. The van der Waals surface area contributed by atoms with E-state index in [1.165, 1.54) is 0 Å². The maximum Gasteiger partial charge on any atom is 0.246 e. The highest BCUT2D eigenvalue weighted by atomic mass is 16.7. The van der Waals surface area contributed by atoms with Crippen molar-refractivity contribution in [1.29, 1.82) is 0 Å². The molecule has 4 heteroatoms. The van der Waals surface area contributed by atoms with Gasteiger partial charge in [-0.3, -0.25) is 0 Å². The molecule has 1 aliphatic rings. The zero-order chi connectivity index (χ0) is 9.47. The zero-order valence-electron chi connectivity index (χ0n) is 7.44. The van der Waals surface area contributed by atoms with Crippen molar-refractivity contribution in [3.63, 3.8) is 0 Å². The molecule has 0 aliphatic carbocycles. The van der Waals surface area contributed by atoms with Crippen molar-refractivity contribution in [1.82, 2.24) is 5.53 Å². The molecule has 0 atom stereocenters. The largest absolute Gasteiger partial charge is 0.449 e. The van der Waals surface area contributed by atoms with E-state index in [2.05, 4.69) is 5.11 Å². The Morgan fingerprint density at radius 2 is 2.08 bits per heavy atom. The van der Waals surface area contributed by atoms with Gasteiger partial charge in [-0.2, -0.15) is 0 Å². The van der Waals surface area contributed by atoms with Crippen molar-refractivity contribution in [2.24, 2.45) is 5.11 Å². The lowest BCUT2D eigenvalue weighted by Crippen LogP contribution is -2.29. The van der Waals surface area contributed by atoms with Gasteiger partial charge in [0.15, 0.2) is 11.5 Å². The van der Waals surface area contributed by atoms with Crippen LogP contribution in [0.15, 0.2) is 23.3 Å². The first-order chi connectivity index (χ1) is 6.12. The topological polar surface area (TPSA) is 53.1 Å². The number of rotatable bonds is 1. The maximum absolute atomic E-state index is 8.66. The molecule has 1 radical (unpaired) electrons. The van der Waals surface area contributed by atoms with Crippen LogP contribution in [0.1, 0.15) is 13.8 Å². The van der Waals surface area contributed by atoms with Gasteiger partial charge in [0.05, 0.1) is 0 Å². The van der Waals surface area contributed by atoms with E-state index in [9.17, 15) is 0 Å². The number of nitrogens with zero attached hydrogens (tertiary/aromatic N) is 2. The Morgan fingerprint density at radius 3 is 2.77 bits per heavy atom. The summed E-state index contributed by atoms with van der Waals surface area (Å²) in [7, 11) is 0. The van der Waals surface area contributed by atoms with Crippen LogP contribution in [0.25, 0.3) is 0 Å². The van der Waals surface area contributed by atoms with Crippen molar-refractivity contribution in [2.45, 2.75) is 19.6 Å². The van der Waals surface area contributed by atoms with E-state index >= 15 is 0 Å². The van der Waals surface area contributed by atoms with Gasteiger partial charge in [0, 0.05) is 13.8 Å². The summed E-state index contributed by atoms with van der Waals surface area (Å²) in [5.41, 5.74) is 9.05. The monoisotopic (exact) mass is 177 g/mol. The third-order valence-corrected chi connectivity index (χ3v) is 1.77. The summed E-state index contributed by atoms with van der Waals surface area (Å²) in [6.07, 6.45) is 0. The average molecular weight is 177 g/mol. The lowest BCUT2D eigenvalue weighted by atomic mass is 10.3. The molecular weight excluding hydrogens is 168 g/mol. The fraction of sp³-hybridized carbons (Fsp3) is 0.333. The fourth-order valence-corrected chi connectivity index (χ4v) is 1.30. The van der Waals surface area contributed by atoms with Crippen LogP contribution in [0.2, 0.25) is 0 Å². The third-order valence-electron chi connectivity index (χ3n) is 1.77. The minimum Gasteiger partial charge on any atom is -0.449 e. The van der Waals surface area contributed by atoms with Gasteiger partial charge in [0.1, 0.15) is 5.69 Å². The highest BCUT2D eigenvalue weighted by molar-refractivity contribution is 5.60. The standard InChI is InChI=1S/C9H9N2O2/c1-9(2)12-7-5-3-4-6(11-10)8(7)13-9/h3-5H,1-2H3. The van der Waals surface area contributed by atoms with E-state index in [4.69, 9.17) is 15.0 Å². The summed E-state index contributed by atoms with van der Waals surface area (Å²) < 4.78 is 10.9. The molecular formula is C9H9N2O2. The quantitative estimate of drug-likeness (QED) is 0.616. The lowest BCUT2D eigenvalue weighted by Gasteiger charge is -2.16. The molecule has 0 spiro atoms. The van der Waals surface area contributed by atoms with Gasteiger partial charge < -0.3 is 9.47 Å². The normalized spacial score (nSPS) is 17.1. The maximum atomic E-state index is 8.66. The molecule has 0 aromatic heterocycles. The molecule has 0 N–H and O–H groups in total. The minimum absolute atomic E-state index is 0.392. The second-order valence-corrected chi connectivity index (χ2v) is 3.31. The molecule has 0 fully saturated rings. The Morgan fingerprint density at radius 1 is 1.31 bits per heavy atom. The van der Waals surface area contributed by atoms with E-state index in [0.717, 1.165) is 0 Å². The van der Waals surface area contributed by atoms with Gasteiger partial charge in [-0.15, -0.1) is 5.11 Å². The Bertz CT molecular complexity index is 361. The summed E-state index contributed by atoms with van der Waals surface area (Å²) in [5, 5.41) is 3.10. The summed E-state index contributed by atoms with van der Waals surface area (Å²) in [5.74, 6) is 0.429. The minimum atomic E-state index is -0.677. The first-order valence-corrected chi connectivity index (χ1v) is 3.98. The molecule has 1 heterocycles.